The number of fused-ring (bicyclic) bond motifs is 1. The molecule has 1 aliphatic heterocycles. The van der Waals surface area contributed by atoms with E-state index in [-0.39, 0.29) is 5.91 Å². The average molecular weight is 354 g/mol. The van der Waals surface area contributed by atoms with Crippen LogP contribution in [-0.4, -0.2) is 45.2 Å². The summed E-state index contributed by atoms with van der Waals surface area (Å²) >= 11 is 0. The quantitative estimate of drug-likeness (QED) is 0.800. The maximum Gasteiger partial charge on any atom is 0.241 e. The number of nitrogens with zero attached hydrogens (tertiary/aromatic N) is 2. The largest absolute Gasteiger partial charge is 0.493 e. The number of para-hydroxylation sites is 1. The maximum atomic E-state index is 12.8. The van der Waals surface area contributed by atoms with Crippen LogP contribution in [0, 0.1) is 6.92 Å². The van der Waals surface area contributed by atoms with E-state index in [1.807, 2.05) is 54.1 Å². The van der Waals surface area contributed by atoms with E-state index in [1.54, 1.807) is 14.2 Å². The minimum absolute atomic E-state index is 0.135. The third-order valence-electron chi connectivity index (χ3n) is 4.88. The number of hydrogen-bond donors (Lipinski definition) is 0. The molecule has 5 heteroatoms. The van der Waals surface area contributed by atoms with Crippen molar-refractivity contribution in [3.8, 4) is 11.5 Å². The molecule has 3 rings (SSSR count). The third kappa shape index (κ3) is 3.68. The number of carbonyl (C=O) groups excluding carboxylic acids is 1. The lowest BCUT2D eigenvalue weighted by Crippen LogP contribution is -2.37. The van der Waals surface area contributed by atoms with Crippen LogP contribution >= 0.6 is 0 Å². The molecule has 1 aliphatic rings. The van der Waals surface area contributed by atoms with Crippen LogP contribution in [0.3, 0.4) is 0 Å². The average Bonchev–Trinajstić information content (AvgIpc) is 3.07. The monoisotopic (exact) mass is 354 g/mol. The maximum absolute atomic E-state index is 12.8. The Kier molecular flexibility index (Phi) is 5.47. The molecule has 1 amide bonds. The van der Waals surface area contributed by atoms with Crippen molar-refractivity contribution in [2.75, 3.05) is 39.3 Å². The van der Waals surface area contributed by atoms with E-state index in [0.29, 0.717) is 18.8 Å². The van der Waals surface area contributed by atoms with Crippen LogP contribution in [0.4, 0.5) is 5.69 Å². The van der Waals surface area contributed by atoms with Gasteiger partial charge >= 0.3 is 0 Å². The lowest BCUT2D eigenvalue weighted by atomic mass is 10.1. The van der Waals surface area contributed by atoms with Gasteiger partial charge in [0.25, 0.3) is 0 Å². The Morgan fingerprint density at radius 1 is 1.15 bits per heavy atom. The normalized spacial score (nSPS) is 13.0. The number of likely N-dealkylation sites (N-methyl/N-ethyl adjacent to an activating group) is 1. The van der Waals surface area contributed by atoms with Gasteiger partial charge in [0.05, 0.1) is 20.8 Å². The Labute approximate surface area is 155 Å². The fourth-order valence-corrected chi connectivity index (χ4v) is 3.45. The van der Waals surface area contributed by atoms with Crippen LogP contribution in [0.1, 0.15) is 16.7 Å². The molecule has 0 aliphatic carbocycles. The van der Waals surface area contributed by atoms with E-state index in [2.05, 4.69) is 6.07 Å². The summed E-state index contributed by atoms with van der Waals surface area (Å²) in [4.78, 5) is 16.7. The molecule has 0 bridgehead atoms. The van der Waals surface area contributed by atoms with E-state index in [9.17, 15) is 4.79 Å². The first-order valence-electron chi connectivity index (χ1n) is 8.81. The molecular formula is C21H26N2O3. The summed E-state index contributed by atoms with van der Waals surface area (Å²) in [6.45, 7) is 3.86. The lowest BCUT2D eigenvalue weighted by Gasteiger charge is -2.23. The SMILES string of the molecule is COc1cc(C)c(CN(C)CC(=O)N2CCc3ccccc32)cc1OC. The van der Waals surface area contributed by atoms with Gasteiger partial charge in [-0.1, -0.05) is 18.2 Å². The first kappa shape index (κ1) is 18.3. The second kappa shape index (κ2) is 7.79. The second-order valence-corrected chi connectivity index (χ2v) is 6.73. The number of carbonyl (C=O) groups is 1. The summed E-state index contributed by atoms with van der Waals surface area (Å²) in [5, 5.41) is 0. The van der Waals surface area contributed by atoms with Crippen LogP contribution in [-0.2, 0) is 17.8 Å². The second-order valence-electron chi connectivity index (χ2n) is 6.73. The standard InChI is InChI=1S/C21H26N2O3/c1-15-11-19(25-3)20(26-4)12-17(15)13-22(2)14-21(24)23-10-9-16-7-5-6-8-18(16)23/h5-8,11-12H,9-10,13-14H2,1-4H3. The predicted molar refractivity (Wildman–Crippen MR) is 103 cm³/mol. The van der Waals surface area contributed by atoms with Gasteiger partial charge in [-0.3, -0.25) is 9.69 Å². The van der Waals surface area contributed by atoms with Crippen molar-refractivity contribution in [3.05, 3.63) is 53.1 Å². The lowest BCUT2D eigenvalue weighted by molar-refractivity contribution is -0.119. The molecule has 0 saturated heterocycles. The Morgan fingerprint density at radius 2 is 1.85 bits per heavy atom. The molecule has 2 aromatic rings. The number of ether oxygens (including phenoxy) is 2. The van der Waals surface area contributed by atoms with Gasteiger partial charge in [0, 0.05) is 18.8 Å². The van der Waals surface area contributed by atoms with Crippen molar-refractivity contribution < 1.29 is 14.3 Å². The number of hydrogen-bond acceptors (Lipinski definition) is 4. The first-order valence-corrected chi connectivity index (χ1v) is 8.81. The van der Waals surface area contributed by atoms with Crippen LogP contribution in [0.2, 0.25) is 0 Å². The Morgan fingerprint density at radius 3 is 2.58 bits per heavy atom. The Bertz CT molecular complexity index is 804. The first-order chi connectivity index (χ1) is 12.5. The molecule has 1 heterocycles. The van der Waals surface area contributed by atoms with Gasteiger partial charge in [0.1, 0.15) is 0 Å². The van der Waals surface area contributed by atoms with E-state index >= 15 is 0 Å². The summed E-state index contributed by atoms with van der Waals surface area (Å²) < 4.78 is 10.7. The zero-order valence-corrected chi connectivity index (χ0v) is 15.9. The fraction of sp³-hybridized carbons (Fsp3) is 0.381. The van der Waals surface area contributed by atoms with Crippen LogP contribution in [0.25, 0.3) is 0 Å². The number of benzene rings is 2. The third-order valence-corrected chi connectivity index (χ3v) is 4.88. The Hall–Kier alpha value is -2.53. The zero-order valence-electron chi connectivity index (χ0n) is 15.9. The molecule has 2 aromatic carbocycles. The van der Waals surface area contributed by atoms with Crippen molar-refractivity contribution >= 4 is 11.6 Å². The molecule has 0 saturated carbocycles. The summed E-state index contributed by atoms with van der Waals surface area (Å²) in [5.74, 6) is 1.57. The van der Waals surface area contributed by atoms with Crippen LogP contribution < -0.4 is 14.4 Å². The van der Waals surface area contributed by atoms with Crippen molar-refractivity contribution in [1.29, 1.82) is 0 Å². The van der Waals surface area contributed by atoms with Crippen LogP contribution in [0.15, 0.2) is 36.4 Å². The summed E-state index contributed by atoms with van der Waals surface area (Å²) in [6, 6.07) is 12.1. The molecule has 26 heavy (non-hydrogen) atoms. The minimum atomic E-state index is 0.135. The minimum Gasteiger partial charge on any atom is -0.493 e. The number of aryl methyl sites for hydroxylation is 1. The topological polar surface area (TPSA) is 42.0 Å². The highest BCUT2D eigenvalue weighted by Crippen LogP contribution is 2.31. The summed E-state index contributed by atoms with van der Waals surface area (Å²) in [6.07, 6.45) is 0.931. The van der Waals surface area contributed by atoms with Crippen LogP contribution in [0.5, 0.6) is 11.5 Å². The highest BCUT2D eigenvalue weighted by Gasteiger charge is 2.24. The number of rotatable bonds is 6. The van der Waals surface area contributed by atoms with Gasteiger partial charge in [-0.15, -0.1) is 0 Å². The molecule has 0 fully saturated rings. The van der Waals surface area contributed by atoms with Crippen molar-refractivity contribution in [1.82, 2.24) is 4.90 Å². The Balaban J connectivity index is 1.68. The van der Waals surface area contributed by atoms with Crippen molar-refractivity contribution in [2.24, 2.45) is 0 Å². The van der Waals surface area contributed by atoms with Crippen molar-refractivity contribution in [3.63, 3.8) is 0 Å². The zero-order chi connectivity index (χ0) is 18.7. The fourth-order valence-electron chi connectivity index (χ4n) is 3.45. The van der Waals surface area contributed by atoms with E-state index in [4.69, 9.17) is 9.47 Å². The summed E-state index contributed by atoms with van der Waals surface area (Å²) in [7, 11) is 5.24. The molecular weight excluding hydrogens is 328 g/mol. The molecule has 138 valence electrons. The van der Waals surface area contributed by atoms with Gasteiger partial charge in [0.2, 0.25) is 5.91 Å². The number of methoxy groups -OCH3 is 2. The van der Waals surface area contributed by atoms with Gasteiger partial charge in [-0.25, -0.2) is 0 Å². The molecule has 0 atom stereocenters. The molecule has 5 nitrogen and oxygen atoms in total. The van der Waals surface area contributed by atoms with Crippen molar-refractivity contribution in [2.45, 2.75) is 19.9 Å². The number of amides is 1. The molecule has 0 radical (unpaired) electrons. The van der Waals surface area contributed by atoms with Gasteiger partial charge in [-0.2, -0.15) is 0 Å². The van der Waals surface area contributed by atoms with E-state index in [1.165, 1.54) is 5.56 Å². The summed E-state index contributed by atoms with van der Waals surface area (Å²) in [5.41, 5.74) is 4.54. The highest BCUT2D eigenvalue weighted by atomic mass is 16.5. The molecule has 0 N–H and O–H groups in total. The number of anilines is 1. The molecule has 0 aromatic heterocycles. The smallest absolute Gasteiger partial charge is 0.241 e. The van der Waals surface area contributed by atoms with Gasteiger partial charge in [0.15, 0.2) is 11.5 Å². The van der Waals surface area contributed by atoms with E-state index < -0.39 is 0 Å². The van der Waals surface area contributed by atoms with E-state index in [0.717, 1.165) is 35.5 Å². The van der Waals surface area contributed by atoms with Gasteiger partial charge < -0.3 is 14.4 Å². The predicted octanol–water partition coefficient (Wildman–Crippen LogP) is 3.03. The molecule has 0 unspecified atom stereocenters. The van der Waals surface area contributed by atoms with Gasteiger partial charge in [-0.05, 0) is 55.3 Å². The molecule has 0 spiro atoms. The highest BCUT2D eigenvalue weighted by molar-refractivity contribution is 5.96.